The first-order valence-corrected chi connectivity index (χ1v) is 10.2. The molecular formula is C25H21N3O3. The number of carbonyl (C=O) groups excluding carboxylic acids is 3. The Morgan fingerprint density at radius 2 is 1.26 bits per heavy atom. The van der Waals surface area contributed by atoms with Gasteiger partial charge in [-0.2, -0.15) is 0 Å². The Balaban J connectivity index is 1.58. The fraction of sp³-hybridized carbons (Fsp3) is 0.160. The van der Waals surface area contributed by atoms with Crippen LogP contribution in [0.15, 0.2) is 84.9 Å². The summed E-state index contributed by atoms with van der Waals surface area (Å²) in [6.07, 6.45) is -0.560. The zero-order valence-electron chi connectivity index (χ0n) is 16.8. The molecule has 0 bridgehead atoms. The summed E-state index contributed by atoms with van der Waals surface area (Å²) in [4.78, 5) is 44.4. The second kappa shape index (κ2) is 7.72. The van der Waals surface area contributed by atoms with Crippen molar-refractivity contribution in [1.29, 1.82) is 0 Å². The third-order valence-electron chi connectivity index (χ3n) is 5.78. The van der Waals surface area contributed by atoms with E-state index in [9.17, 15) is 14.4 Å². The van der Waals surface area contributed by atoms with Crippen molar-refractivity contribution >= 4 is 23.5 Å². The summed E-state index contributed by atoms with van der Waals surface area (Å²) in [5.41, 5.74) is 2.87. The maximum Gasteiger partial charge on any atom is 0.334 e. The molecule has 3 aromatic carbocycles. The van der Waals surface area contributed by atoms with E-state index in [1.807, 2.05) is 60.7 Å². The highest BCUT2D eigenvalue weighted by Crippen LogP contribution is 2.37. The number of ketones is 1. The molecule has 1 saturated heterocycles. The minimum atomic E-state index is -0.644. The smallest absolute Gasteiger partial charge is 0.298 e. The summed E-state index contributed by atoms with van der Waals surface area (Å²) in [6.45, 7) is 0.484. The largest absolute Gasteiger partial charge is 0.334 e. The highest BCUT2D eigenvalue weighted by molar-refractivity contribution is 6.13. The lowest BCUT2D eigenvalue weighted by Gasteiger charge is -2.49. The summed E-state index contributed by atoms with van der Waals surface area (Å²) in [7, 11) is 0. The average molecular weight is 411 g/mol. The maximum absolute atomic E-state index is 13.5. The number of urea groups is 2. The Hall–Kier alpha value is -3.93. The third kappa shape index (κ3) is 3.36. The van der Waals surface area contributed by atoms with Crippen LogP contribution >= 0.6 is 0 Å². The van der Waals surface area contributed by atoms with Gasteiger partial charge in [0, 0.05) is 12.1 Å². The van der Waals surface area contributed by atoms with E-state index < -0.39 is 12.2 Å². The Morgan fingerprint density at radius 3 is 1.94 bits per heavy atom. The standard InChI is InChI=1S/C25H21N3O3/c29-22-15-23-26(16-18-9-3-1-4-10-18)24(30)27(17-19-11-5-2-6-12-19)25(31)28(23)21-14-8-7-13-20(21)22/h1-14,23H,15-17H2. The van der Waals surface area contributed by atoms with Gasteiger partial charge in [0.25, 0.3) is 0 Å². The predicted octanol–water partition coefficient (Wildman–Crippen LogP) is 4.66. The molecule has 0 N–H and O–H groups in total. The quantitative estimate of drug-likeness (QED) is 0.627. The van der Waals surface area contributed by atoms with Crippen LogP contribution in [0.1, 0.15) is 27.9 Å². The van der Waals surface area contributed by atoms with Crippen molar-refractivity contribution in [2.75, 3.05) is 4.90 Å². The molecule has 2 heterocycles. The van der Waals surface area contributed by atoms with Crippen LogP contribution in [0.3, 0.4) is 0 Å². The fourth-order valence-corrected chi connectivity index (χ4v) is 4.28. The van der Waals surface area contributed by atoms with Crippen LogP contribution in [0.25, 0.3) is 0 Å². The summed E-state index contributed by atoms with van der Waals surface area (Å²) in [6, 6.07) is 25.4. The van der Waals surface area contributed by atoms with E-state index in [1.54, 1.807) is 34.1 Å². The van der Waals surface area contributed by atoms with Crippen LogP contribution in [-0.4, -0.2) is 33.8 Å². The van der Waals surface area contributed by atoms with Gasteiger partial charge >= 0.3 is 12.1 Å². The summed E-state index contributed by atoms with van der Waals surface area (Å²) < 4.78 is 0. The van der Waals surface area contributed by atoms with Crippen LogP contribution in [0.5, 0.6) is 0 Å². The number of nitrogens with zero attached hydrogens (tertiary/aromatic N) is 3. The van der Waals surface area contributed by atoms with E-state index in [0.717, 1.165) is 11.1 Å². The average Bonchev–Trinajstić information content (AvgIpc) is 2.81. The molecule has 154 valence electrons. The van der Waals surface area contributed by atoms with Crippen molar-refractivity contribution in [1.82, 2.24) is 9.80 Å². The highest BCUT2D eigenvalue weighted by Gasteiger charge is 2.48. The Bertz CT molecular complexity index is 1150. The van der Waals surface area contributed by atoms with Gasteiger partial charge in [-0.15, -0.1) is 0 Å². The topological polar surface area (TPSA) is 60.9 Å². The van der Waals surface area contributed by atoms with Gasteiger partial charge in [0.05, 0.1) is 18.7 Å². The van der Waals surface area contributed by atoms with Gasteiger partial charge in [0.2, 0.25) is 0 Å². The van der Waals surface area contributed by atoms with Crippen molar-refractivity contribution < 1.29 is 14.4 Å². The molecule has 0 aromatic heterocycles. The van der Waals surface area contributed by atoms with Crippen LogP contribution in [0, 0.1) is 0 Å². The molecule has 1 atom stereocenters. The van der Waals surface area contributed by atoms with Crippen LogP contribution in [0.2, 0.25) is 0 Å². The van der Waals surface area contributed by atoms with E-state index in [0.29, 0.717) is 17.8 Å². The zero-order chi connectivity index (χ0) is 21.4. The number of Topliss-reactive ketones (excluding diaryl/α,β-unsaturated/α-hetero) is 1. The Labute approximate surface area is 180 Å². The van der Waals surface area contributed by atoms with Crippen molar-refractivity contribution in [2.24, 2.45) is 0 Å². The molecule has 0 aliphatic carbocycles. The molecule has 0 radical (unpaired) electrons. The van der Waals surface area contributed by atoms with Crippen molar-refractivity contribution in [3.05, 3.63) is 102 Å². The number of hydrogen-bond donors (Lipinski definition) is 0. The van der Waals surface area contributed by atoms with Crippen molar-refractivity contribution in [2.45, 2.75) is 25.7 Å². The lowest BCUT2D eigenvalue weighted by atomic mass is 9.96. The SMILES string of the molecule is O=C1CC2N(Cc3ccccc3)C(=O)N(Cc3ccccc3)C(=O)N2c2ccccc21. The van der Waals surface area contributed by atoms with Gasteiger partial charge in [-0.1, -0.05) is 72.8 Å². The first-order valence-electron chi connectivity index (χ1n) is 10.2. The number of anilines is 1. The number of benzene rings is 3. The van der Waals surface area contributed by atoms with E-state index in [4.69, 9.17) is 0 Å². The van der Waals surface area contributed by atoms with E-state index >= 15 is 0 Å². The molecule has 31 heavy (non-hydrogen) atoms. The normalized spacial score (nSPS) is 18.1. The zero-order valence-corrected chi connectivity index (χ0v) is 16.8. The maximum atomic E-state index is 13.5. The molecule has 4 amide bonds. The number of fused-ring (bicyclic) bond motifs is 3. The second-order valence-corrected chi connectivity index (χ2v) is 7.75. The lowest BCUT2D eigenvalue weighted by molar-refractivity contribution is 0.0837. The van der Waals surface area contributed by atoms with Crippen LogP contribution in [0.4, 0.5) is 15.3 Å². The molecule has 1 fully saturated rings. The van der Waals surface area contributed by atoms with Gasteiger partial charge in [0.15, 0.2) is 5.78 Å². The first kappa shape index (κ1) is 19.1. The number of imide groups is 1. The fourth-order valence-electron chi connectivity index (χ4n) is 4.28. The van der Waals surface area contributed by atoms with Gasteiger partial charge < -0.3 is 0 Å². The lowest BCUT2D eigenvalue weighted by Crippen LogP contribution is -2.67. The minimum absolute atomic E-state index is 0.0629. The van der Waals surface area contributed by atoms with E-state index in [1.165, 1.54) is 4.90 Å². The second-order valence-electron chi connectivity index (χ2n) is 7.75. The molecule has 6 nitrogen and oxygen atoms in total. The van der Waals surface area contributed by atoms with Crippen LogP contribution < -0.4 is 4.90 Å². The molecule has 3 aromatic rings. The molecule has 2 aliphatic rings. The number of amides is 4. The van der Waals surface area contributed by atoms with Gasteiger partial charge in [0.1, 0.15) is 6.17 Å². The number of rotatable bonds is 4. The molecule has 6 heteroatoms. The molecule has 1 unspecified atom stereocenters. The Kier molecular flexibility index (Phi) is 4.75. The number of carbonyl (C=O) groups is 3. The van der Waals surface area contributed by atoms with Crippen molar-refractivity contribution in [3.8, 4) is 0 Å². The highest BCUT2D eigenvalue weighted by atomic mass is 16.2. The Morgan fingerprint density at radius 1 is 0.677 bits per heavy atom. The molecule has 5 rings (SSSR count). The number of para-hydroxylation sites is 1. The van der Waals surface area contributed by atoms with Gasteiger partial charge in [-0.05, 0) is 23.3 Å². The van der Waals surface area contributed by atoms with E-state index in [2.05, 4.69) is 0 Å². The van der Waals surface area contributed by atoms with Gasteiger partial charge in [-0.25, -0.2) is 14.5 Å². The molecular weight excluding hydrogens is 390 g/mol. The van der Waals surface area contributed by atoms with Crippen LogP contribution in [-0.2, 0) is 13.1 Å². The third-order valence-corrected chi connectivity index (χ3v) is 5.78. The summed E-state index contributed by atoms with van der Waals surface area (Å²) in [5.74, 6) is -0.0629. The first-order chi connectivity index (χ1) is 15.1. The van der Waals surface area contributed by atoms with Crippen molar-refractivity contribution in [3.63, 3.8) is 0 Å². The molecule has 0 saturated carbocycles. The molecule has 0 spiro atoms. The predicted molar refractivity (Wildman–Crippen MR) is 116 cm³/mol. The monoisotopic (exact) mass is 411 g/mol. The summed E-state index contributed by atoms with van der Waals surface area (Å²) >= 11 is 0. The van der Waals surface area contributed by atoms with E-state index in [-0.39, 0.29) is 24.8 Å². The van der Waals surface area contributed by atoms with Gasteiger partial charge in [-0.3, -0.25) is 14.6 Å². The number of hydrogen-bond acceptors (Lipinski definition) is 3. The molecule has 2 aliphatic heterocycles. The summed E-state index contributed by atoms with van der Waals surface area (Å²) in [5, 5.41) is 0. The minimum Gasteiger partial charge on any atom is -0.298 e.